The number of ether oxygens (including phenoxy) is 2. The van der Waals surface area contributed by atoms with E-state index in [4.69, 9.17) is 9.47 Å². The number of methoxy groups -OCH3 is 1. The number of phenolic OH excluding ortho intramolecular Hbond substituents is 3. The van der Waals surface area contributed by atoms with Gasteiger partial charge in [0.1, 0.15) is 17.1 Å². The van der Waals surface area contributed by atoms with Gasteiger partial charge in [-0.1, -0.05) is 12.1 Å². The molecule has 0 unspecified atom stereocenters. The first-order valence-electron chi connectivity index (χ1n) is 6.74. The Hall–Kier alpha value is -2.93. The van der Waals surface area contributed by atoms with E-state index in [9.17, 15) is 25.2 Å². The van der Waals surface area contributed by atoms with Crippen LogP contribution in [0.15, 0.2) is 30.3 Å². The second kappa shape index (κ2) is 5.36. The Morgan fingerprint density at radius 1 is 1.09 bits per heavy atom. The number of carbonyl (C=O) groups excluding carboxylic acids is 1. The number of aliphatic hydroxyl groups excluding tert-OH is 1. The highest BCUT2D eigenvalue weighted by Gasteiger charge is 2.41. The lowest BCUT2D eigenvalue weighted by molar-refractivity contribution is 0.0198. The number of fused-ring (bicyclic) bond motifs is 1. The van der Waals surface area contributed by atoms with Gasteiger partial charge >= 0.3 is 0 Å². The van der Waals surface area contributed by atoms with Gasteiger partial charge in [0, 0.05) is 6.07 Å². The lowest BCUT2D eigenvalue weighted by Gasteiger charge is -2.31. The van der Waals surface area contributed by atoms with Crippen molar-refractivity contribution >= 4 is 5.78 Å². The molecule has 0 bridgehead atoms. The van der Waals surface area contributed by atoms with Gasteiger partial charge in [0.2, 0.25) is 11.5 Å². The molecule has 2 aromatic carbocycles. The summed E-state index contributed by atoms with van der Waals surface area (Å²) in [5.41, 5.74) is 0.196. The topological polar surface area (TPSA) is 116 Å². The van der Waals surface area contributed by atoms with E-state index >= 15 is 0 Å². The maximum Gasteiger partial charge on any atom is 0.204 e. The van der Waals surface area contributed by atoms with Gasteiger partial charge in [-0.25, -0.2) is 0 Å². The fourth-order valence-corrected chi connectivity index (χ4v) is 2.55. The molecule has 2 atom stereocenters. The van der Waals surface area contributed by atoms with Gasteiger partial charge in [-0.15, -0.1) is 0 Å². The van der Waals surface area contributed by atoms with Crippen LogP contribution in [-0.2, 0) is 0 Å². The lowest BCUT2D eigenvalue weighted by atomic mass is 9.92. The summed E-state index contributed by atoms with van der Waals surface area (Å²) < 4.78 is 10.7. The number of carbonyl (C=O) groups is 1. The summed E-state index contributed by atoms with van der Waals surface area (Å²) in [7, 11) is 1.28. The highest BCUT2D eigenvalue weighted by Crippen LogP contribution is 2.49. The molecule has 0 aliphatic carbocycles. The third-order valence-electron chi connectivity index (χ3n) is 3.67. The number of aromatic hydroxyl groups is 3. The monoisotopic (exact) mass is 318 g/mol. The number of aliphatic hydroxyl groups is 1. The van der Waals surface area contributed by atoms with E-state index in [2.05, 4.69) is 0 Å². The van der Waals surface area contributed by atoms with Crippen LogP contribution >= 0.6 is 0 Å². The van der Waals surface area contributed by atoms with Crippen molar-refractivity contribution in [1.29, 1.82) is 0 Å². The van der Waals surface area contributed by atoms with Crippen LogP contribution in [0.1, 0.15) is 22.0 Å². The largest absolute Gasteiger partial charge is 0.508 e. The third kappa shape index (κ3) is 2.31. The summed E-state index contributed by atoms with van der Waals surface area (Å²) in [5.74, 6) is -1.87. The molecule has 23 heavy (non-hydrogen) atoms. The molecule has 120 valence electrons. The second-order valence-corrected chi connectivity index (χ2v) is 5.09. The molecule has 1 aliphatic rings. The number of ketones is 1. The smallest absolute Gasteiger partial charge is 0.204 e. The molecule has 3 rings (SSSR count). The highest BCUT2D eigenvalue weighted by atomic mass is 16.5. The molecule has 1 aliphatic heterocycles. The van der Waals surface area contributed by atoms with Crippen molar-refractivity contribution in [2.24, 2.45) is 0 Å². The molecule has 4 N–H and O–H groups in total. The molecule has 0 saturated carbocycles. The first kappa shape index (κ1) is 15.0. The minimum Gasteiger partial charge on any atom is -0.508 e. The minimum absolute atomic E-state index is 0.0265. The molecular weight excluding hydrogens is 304 g/mol. The first-order valence-corrected chi connectivity index (χ1v) is 6.74. The van der Waals surface area contributed by atoms with E-state index in [1.807, 2.05) is 0 Å². The van der Waals surface area contributed by atoms with Gasteiger partial charge in [0.15, 0.2) is 23.7 Å². The van der Waals surface area contributed by atoms with Gasteiger partial charge in [-0.05, 0) is 17.7 Å². The van der Waals surface area contributed by atoms with Crippen LogP contribution in [0, 0.1) is 0 Å². The molecule has 7 heteroatoms. The maximum atomic E-state index is 12.4. The Balaban J connectivity index is 2.14. The summed E-state index contributed by atoms with van der Waals surface area (Å²) in [6.45, 7) is 0. The highest BCUT2D eigenvalue weighted by molar-refractivity contribution is 6.06. The third-order valence-corrected chi connectivity index (χ3v) is 3.67. The van der Waals surface area contributed by atoms with Crippen molar-refractivity contribution in [3.8, 4) is 28.7 Å². The van der Waals surface area contributed by atoms with E-state index in [0.717, 1.165) is 6.07 Å². The number of benzene rings is 2. The zero-order valence-corrected chi connectivity index (χ0v) is 12.1. The van der Waals surface area contributed by atoms with Crippen molar-refractivity contribution < 1.29 is 34.7 Å². The van der Waals surface area contributed by atoms with Crippen LogP contribution in [0.4, 0.5) is 0 Å². The zero-order chi connectivity index (χ0) is 16.7. The molecule has 1 heterocycles. The fraction of sp³-hybridized carbons (Fsp3) is 0.188. The number of phenols is 3. The summed E-state index contributed by atoms with van der Waals surface area (Å²) in [6, 6.07) is 6.73. The standard InChI is InChI=1S/C16H14O7/c1-22-15-10(19)6-9(18)11-12(20)13(21)14(23-16(11)15)7-2-4-8(17)5-3-7/h2-6,13-14,17-19,21H,1H3/t13-,14+/m1/s1. The van der Waals surface area contributed by atoms with Crippen molar-refractivity contribution in [1.82, 2.24) is 0 Å². The molecular formula is C16H14O7. The number of rotatable bonds is 2. The molecule has 0 spiro atoms. The lowest BCUT2D eigenvalue weighted by Crippen LogP contribution is -2.36. The molecule has 0 radical (unpaired) electrons. The number of hydrogen-bond acceptors (Lipinski definition) is 7. The Kier molecular flexibility index (Phi) is 3.49. The van der Waals surface area contributed by atoms with Crippen molar-refractivity contribution in [3.05, 3.63) is 41.5 Å². The first-order chi connectivity index (χ1) is 10.9. The van der Waals surface area contributed by atoms with E-state index in [0.29, 0.717) is 5.56 Å². The predicted molar refractivity (Wildman–Crippen MR) is 78.1 cm³/mol. The van der Waals surface area contributed by atoms with Crippen LogP contribution in [0.3, 0.4) is 0 Å². The SMILES string of the molecule is COc1c(O)cc(O)c2c1O[C@@H](c1ccc(O)cc1)[C@H](O)C2=O. The predicted octanol–water partition coefficient (Wildman–Crippen LogP) is 1.49. The van der Waals surface area contributed by atoms with E-state index in [1.165, 1.54) is 31.4 Å². The van der Waals surface area contributed by atoms with E-state index < -0.39 is 29.5 Å². The Morgan fingerprint density at radius 2 is 1.74 bits per heavy atom. The summed E-state index contributed by atoms with van der Waals surface area (Å²) >= 11 is 0. The van der Waals surface area contributed by atoms with Crippen LogP contribution in [0.2, 0.25) is 0 Å². The molecule has 0 aromatic heterocycles. The van der Waals surface area contributed by atoms with Gasteiger partial charge in [-0.3, -0.25) is 4.79 Å². The molecule has 2 aromatic rings. The van der Waals surface area contributed by atoms with Gasteiger partial charge in [-0.2, -0.15) is 0 Å². The minimum atomic E-state index is -1.55. The van der Waals surface area contributed by atoms with Crippen LogP contribution < -0.4 is 9.47 Å². The van der Waals surface area contributed by atoms with Crippen LogP contribution in [0.25, 0.3) is 0 Å². The second-order valence-electron chi connectivity index (χ2n) is 5.09. The molecule has 0 saturated heterocycles. The van der Waals surface area contributed by atoms with E-state index in [-0.39, 0.29) is 22.8 Å². The van der Waals surface area contributed by atoms with Gasteiger partial charge < -0.3 is 29.9 Å². The van der Waals surface area contributed by atoms with Crippen molar-refractivity contribution in [2.45, 2.75) is 12.2 Å². The van der Waals surface area contributed by atoms with Crippen molar-refractivity contribution in [3.63, 3.8) is 0 Å². The Labute approximate surface area is 131 Å². The summed E-state index contributed by atoms with van der Waals surface area (Å²) in [5, 5.41) is 39.2. The zero-order valence-electron chi connectivity index (χ0n) is 12.1. The number of hydrogen-bond donors (Lipinski definition) is 4. The normalized spacial score (nSPS) is 19.8. The Morgan fingerprint density at radius 3 is 2.35 bits per heavy atom. The van der Waals surface area contributed by atoms with Crippen molar-refractivity contribution in [2.75, 3.05) is 7.11 Å². The van der Waals surface area contributed by atoms with Gasteiger partial charge in [0.05, 0.1) is 7.11 Å². The maximum absolute atomic E-state index is 12.4. The van der Waals surface area contributed by atoms with Crippen LogP contribution in [0.5, 0.6) is 28.7 Å². The average Bonchev–Trinajstić information content (AvgIpc) is 2.51. The van der Waals surface area contributed by atoms with Crippen LogP contribution in [-0.4, -0.2) is 39.4 Å². The Bertz CT molecular complexity index is 767. The molecule has 7 nitrogen and oxygen atoms in total. The molecule has 0 amide bonds. The summed E-state index contributed by atoms with van der Waals surface area (Å²) in [6.07, 6.45) is -2.61. The van der Waals surface area contributed by atoms with Gasteiger partial charge in [0.25, 0.3) is 0 Å². The summed E-state index contributed by atoms with van der Waals surface area (Å²) in [4.78, 5) is 12.4. The fourth-order valence-electron chi connectivity index (χ4n) is 2.55. The van der Waals surface area contributed by atoms with E-state index in [1.54, 1.807) is 0 Å². The molecule has 0 fully saturated rings. The number of Topliss-reactive ketones (excluding diaryl/α,β-unsaturated/α-hetero) is 1. The average molecular weight is 318 g/mol. The quantitative estimate of drug-likeness (QED) is 0.663.